The van der Waals surface area contributed by atoms with Crippen LogP contribution in [0.5, 0.6) is 5.75 Å². The van der Waals surface area contributed by atoms with Gasteiger partial charge in [-0.2, -0.15) is 0 Å². The summed E-state index contributed by atoms with van der Waals surface area (Å²) >= 11 is 0. The van der Waals surface area contributed by atoms with Crippen molar-refractivity contribution in [2.75, 3.05) is 0 Å². The van der Waals surface area contributed by atoms with Crippen LogP contribution in [0.2, 0.25) is 0 Å². The van der Waals surface area contributed by atoms with E-state index in [1.807, 2.05) is 12.1 Å². The molecule has 0 amide bonds. The third-order valence-corrected chi connectivity index (χ3v) is 2.75. The van der Waals surface area contributed by atoms with Gasteiger partial charge in [-0.05, 0) is 36.8 Å². The van der Waals surface area contributed by atoms with Crippen molar-refractivity contribution in [1.29, 1.82) is 0 Å². The Morgan fingerprint density at radius 1 is 1.23 bits per heavy atom. The zero-order valence-corrected chi connectivity index (χ0v) is 7.41. The highest BCUT2D eigenvalue weighted by molar-refractivity contribution is 5.35. The standard InChI is InChI=1S/C11H13FO/c12-9-6-5-8(7-9)10-3-1-2-4-11(10)13/h1-4,8-9,13H,5-7H2. The molecule has 2 heteroatoms. The molecular formula is C11H13FO. The van der Waals surface area contributed by atoms with Gasteiger partial charge in [0.1, 0.15) is 11.9 Å². The number of hydrogen-bond acceptors (Lipinski definition) is 1. The first-order chi connectivity index (χ1) is 6.27. The maximum atomic E-state index is 12.9. The molecule has 70 valence electrons. The molecule has 1 N–H and O–H groups in total. The Morgan fingerprint density at radius 2 is 2.00 bits per heavy atom. The molecule has 1 aliphatic rings. The van der Waals surface area contributed by atoms with Crippen molar-refractivity contribution in [2.45, 2.75) is 31.4 Å². The predicted octanol–water partition coefficient (Wildman–Crippen LogP) is 3.00. The van der Waals surface area contributed by atoms with E-state index in [9.17, 15) is 9.50 Å². The summed E-state index contributed by atoms with van der Waals surface area (Å²) in [6.45, 7) is 0. The van der Waals surface area contributed by atoms with Gasteiger partial charge in [0.2, 0.25) is 0 Å². The SMILES string of the molecule is Oc1ccccc1C1CCC(F)C1. The zero-order valence-electron chi connectivity index (χ0n) is 7.41. The van der Waals surface area contributed by atoms with Crippen LogP contribution in [0.15, 0.2) is 24.3 Å². The second-order valence-electron chi connectivity index (χ2n) is 3.67. The van der Waals surface area contributed by atoms with E-state index < -0.39 is 6.17 Å². The van der Waals surface area contributed by atoms with Gasteiger partial charge in [-0.3, -0.25) is 0 Å². The molecule has 13 heavy (non-hydrogen) atoms. The lowest BCUT2D eigenvalue weighted by Crippen LogP contribution is -1.95. The fraction of sp³-hybridized carbons (Fsp3) is 0.455. The number of phenols is 1. The van der Waals surface area contributed by atoms with Crippen LogP contribution < -0.4 is 0 Å². The molecule has 0 saturated heterocycles. The maximum Gasteiger partial charge on any atom is 0.119 e. The number of rotatable bonds is 1. The summed E-state index contributed by atoms with van der Waals surface area (Å²) in [6, 6.07) is 7.24. The van der Waals surface area contributed by atoms with Crippen LogP contribution in [-0.4, -0.2) is 11.3 Å². The molecule has 2 rings (SSSR count). The second kappa shape index (κ2) is 3.36. The van der Waals surface area contributed by atoms with E-state index in [4.69, 9.17) is 0 Å². The molecule has 1 nitrogen and oxygen atoms in total. The van der Waals surface area contributed by atoms with Crippen molar-refractivity contribution in [3.05, 3.63) is 29.8 Å². The molecular weight excluding hydrogens is 167 g/mol. The highest BCUT2D eigenvalue weighted by Crippen LogP contribution is 2.39. The number of aromatic hydroxyl groups is 1. The van der Waals surface area contributed by atoms with Gasteiger partial charge in [-0.15, -0.1) is 0 Å². The minimum atomic E-state index is -0.676. The summed E-state index contributed by atoms with van der Waals surface area (Å²) in [6.07, 6.45) is 1.39. The van der Waals surface area contributed by atoms with Crippen molar-refractivity contribution in [1.82, 2.24) is 0 Å². The van der Waals surface area contributed by atoms with E-state index >= 15 is 0 Å². The van der Waals surface area contributed by atoms with E-state index in [-0.39, 0.29) is 5.92 Å². The summed E-state index contributed by atoms with van der Waals surface area (Å²) < 4.78 is 12.9. The number of halogens is 1. The monoisotopic (exact) mass is 180 g/mol. The highest BCUT2D eigenvalue weighted by atomic mass is 19.1. The number of alkyl halides is 1. The third kappa shape index (κ3) is 1.67. The average molecular weight is 180 g/mol. The topological polar surface area (TPSA) is 20.2 Å². The van der Waals surface area contributed by atoms with E-state index in [0.29, 0.717) is 18.6 Å². The minimum Gasteiger partial charge on any atom is -0.508 e. The molecule has 0 radical (unpaired) electrons. The van der Waals surface area contributed by atoms with E-state index in [1.54, 1.807) is 12.1 Å². The molecule has 0 heterocycles. The summed E-state index contributed by atoms with van der Waals surface area (Å²) in [5, 5.41) is 9.53. The van der Waals surface area contributed by atoms with Crippen LogP contribution in [-0.2, 0) is 0 Å². The molecule has 0 aliphatic heterocycles. The summed E-state index contributed by atoms with van der Waals surface area (Å²) in [5.41, 5.74) is 0.905. The molecule has 2 unspecified atom stereocenters. The molecule has 2 atom stereocenters. The number of hydrogen-bond donors (Lipinski definition) is 1. The van der Waals surface area contributed by atoms with Crippen molar-refractivity contribution < 1.29 is 9.50 Å². The normalized spacial score (nSPS) is 27.8. The fourth-order valence-electron chi connectivity index (χ4n) is 2.04. The van der Waals surface area contributed by atoms with E-state index in [2.05, 4.69) is 0 Å². The molecule has 1 fully saturated rings. The smallest absolute Gasteiger partial charge is 0.119 e. The average Bonchev–Trinajstić information content (AvgIpc) is 2.53. The van der Waals surface area contributed by atoms with Gasteiger partial charge in [0.15, 0.2) is 0 Å². The highest BCUT2D eigenvalue weighted by Gasteiger charge is 2.26. The quantitative estimate of drug-likeness (QED) is 0.704. The van der Waals surface area contributed by atoms with E-state index in [0.717, 1.165) is 12.0 Å². The van der Waals surface area contributed by atoms with Gasteiger partial charge in [-0.25, -0.2) is 4.39 Å². The van der Waals surface area contributed by atoms with Crippen molar-refractivity contribution in [3.8, 4) is 5.75 Å². The Balaban J connectivity index is 2.21. The van der Waals surface area contributed by atoms with Gasteiger partial charge in [0, 0.05) is 0 Å². The Labute approximate surface area is 77.2 Å². The van der Waals surface area contributed by atoms with Gasteiger partial charge in [0.05, 0.1) is 0 Å². The number of phenolic OH excluding ortho intramolecular Hbond substituents is 1. The molecule has 0 spiro atoms. The van der Waals surface area contributed by atoms with Crippen LogP contribution in [0, 0.1) is 0 Å². The first-order valence-corrected chi connectivity index (χ1v) is 4.69. The van der Waals surface area contributed by atoms with Crippen molar-refractivity contribution in [2.24, 2.45) is 0 Å². The van der Waals surface area contributed by atoms with E-state index in [1.165, 1.54) is 0 Å². The summed E-state index contributed by atoms with van der Waals surface area (Å²) in [5.74, 6) is 0.526. The molecule has 0 aromatic heterocycles. The number of benzene rings is 1. The lowest BCUT2D eigenvalue weighted by Gasteiger charge is -2.10. The Morgan fingerprint density at radius 3 is 2.62 bits per heavy atom. The maximum absolute atomic E-state index is 12.9. The third-order valence-electron chi connectivity index (χ3n) is 2.75. The van der Waals surface area contributed by atoms with Gasteiger partial charge >= 0.3 is 0 Å². The minimum absolute atomic E-state index is 0.219. The molecule has 1 aliphatic carbocycles. The molecule has 0 bridgehead atoms. The first-order valence-electron chi connectivity index (χ1n) is 4.69. The van der Waals surface area contributed by atoms with Gasteiger partial charge in [0.25, 0.3) is 0 Å². The van der Waals surface area contributed by atoms with Crippen molar-refractivity contribution in [3.63, 3.8) is 0 Å². The largest absolute Gasteiger partial charge is 0.508 e. The molecule has 1 aromatic carbocycles. The van der Waals surface area contributed by atoms with Crippen LogP contribution in [0.25, 0.3) is 0 Å². The Bertz CT molecular complexity index is 298. The van der Waals surface area contributed by atoms with Crippen LogP contribution in [0.3, 0.4) is 0 Å². The molecule has 1 aromatic rings. The van der Waals surface area contributed by atoms with Gasteiger partial charge < -0.3 is 5.11 Å². The lowest BCUT2D eigenvalue weighted by atomic mass is 9.97. The van der Waals surface area contributed by atoms with Crippen LogP contribution >= 0.6 is 0 Å². The summed E-state index contributed by atoms with van der Waals surface area (Å²) in [7, 11) is 0. The second-order valence-corrected chi connectivity index (χ2v) is 3.67. The zero-order chi connectivity index (χ0) is 9.26. The van der Waals surface area contributed by atoms with Gasteiger partial charge in [-0.1, -0.05) is 18.2 Å². The van der Waals surface area contributed by atoms with Crippen LogP contribution in [0.4, 0.5) is 4.39 Å². The van der Waals surface area contributed by atoms with Crippen molar-refractivity contribution >= 4 is 0 Å². The summed E-state index contributed by atoms with van der Waals surface area (Å²) in [4.78, 5) is 0. The fourth-order valence-corrected chi connectivity index (χ4v) is 2.04. The Hall–Kier alpha value is -1.05. The van der Waals surface area contributed by atoms with Crippen LogP contribution in [0.1, 0.15) is 30.7 Å². The Kier molecular flexibility index (Phi) is 2.21. The molecule has 1 saturated carbocycles. The number of para-hydroxylation sites is 1. The first kappa shape index (κ1) is 8.54. The predicted molar refractivity (Wildman–Crippen MR) is 49.6 cm³/mol. The lowest BCUT2D eigenvalue weighted by molar-refractivity contribution is 0.338.